The Balaban J connectivity index is 2.08. The number of rotatable bonds is 5. The van der Waals surface area contributed by atoms with E-state index >= 15 is 0 Å². The molecular formula is C18H24N2. The molecule has 0 amide bonds. The first-order valence-electron chi connectivity index (χ1n) is 7.11. The van der Waals surface area contributed by atoms with Gasteiger partial charge in [0.25, 0.3) is 0 Å². The molecule has 0 bridgehead atoms. The smallest absolute Gasteiger partial charge is 0.0426 e. The Morgan fingerprint density at radius 1 is 0.950 bits per heavy atom. The highest BCUT2D eigenvalue weighted by Crippen LogP contribution is 2.21. The van der Waals surface area contributed by atoms with Crippen molar-refractivity contribution >= 4 is 5.69 Å². The van der Waals surface area contributed by atoms with Crippen LogP contribution in [0.2, 0.25) is 0 Å². The van der Waals surface area contributed by atoms with Crippen molar-refractivity contribution in [3.05, 3.63) is 64.7 Å². The van der Waals surface area contributed by atoms with Crippen molar-refractivity contribution < 1.29 is 0 Å². The third-order valence-electron chi connectivity index (χ3n) is 3.59. The molecule has 0 radical (unpaired) electrons. The summed E-state index contributed by atoms with van der Waals surface area (Å²) < 4.78 is 0. The molecule has 0 aromatic heterocycles. The second kappa shape index (κ2) is 6.58. The molecule has 2 aromatic carbocycles. The minimum Gasteiger partial charge on any atom is -0.370 e. The van der Waals surface area contributed by atoms with Gasteiger partial charge in [-0.2, -0.15) is 0 Å². The first kappa shape index (κ1) is 14.6. The van der Waals surface area contributed by atoms with Crippen LogP contribution in [-0.2, 0) is 13.1 Å². The van der Waals surface area contributed by atoms with Gasteiger partial charge < -0.3 is 10.2 Å². The Bertz CT molecular complexity index is 558. The molecule has 0 saturated heterocycles. The van der Waals surface area contributed by atoms with Crippen molar-refractivity contribution in [1.29, 1.82) is 0 Å². The molecule has 106 valence electrons. The van der Waals surface area contributed by atoms with E-state index in [9.17, 15) is 0 Å². The van der Waals surface area contributed by atoms with Crippen molar-refractivity contribution in [2.24, 2.45) is 0 Å². The van der Waals surface area contributed by atoms with Gasteiger partial charge in [0, 0.05) is 25.8 Å². The van der Waals surface area contributed by atoms with E-state index in [1.807, 2.05) is 7.05 Å². The molecule has 0 aliphatic rings. The fraction of sp³-hybridized carbons (Fsp3) is 0.333. The summed E-state index contributed by atoms with van der Waals surface area (Å²) in [5.74, 6) is 0. The lowest BCUT2D eigenvalue weighted by molar-refractivity contribution is 0.816. The third kappa shape index (κ3) is 3.61. The van der Waals surface area contributed by atoms with Gasteiger partial charge in [-0.25, -0.2) is 0 Å². The van der Waals surface area contributed by atoms with Gasteiger partial charge >= 0.3 is 0 Å². The fourth-order valence-corrected chi connectivity index (χ4v) is 2.56. The summed E-state index contributed by atoms with van der Waals surface area (Å²) in [7, 11) is 4.13. The number of aryl methyl sites for hydroxylation is 2. The zero-order valence-electron chi connectivity index (χ0n) is 12.9. The number of nitrogens with zero attached hydrogens (tertiary/aromatic N) is 1. The molecule has 0 unspecified atom stereocenters. The molecular weight excluding hydrogens is 244 g/mol. The van der Waals surface area contributed by atoms with Gasteiger partial charge in [0.1, 0.15) is 0 Å². The van der Waals surface area contributed by atoms with Crippen LogP contribution >= 0.6 is 0 Å². The van der Waals surface area contributed by atoms with E-state index in [0.29, 0.717) is 0 Å². The lowest BCUT2D eigenvalue weighted by Gasteiger charge is -2.22. The summed E-state index contributed by atoms with van der Waals surface area (Å²) >= 11 is 0. The number of anilines is 1. The minimum atomic E-state index is 0.924. The maximum Gasteiger partial charge on any atom is 0.0426 e. The van der Waals surface area contributed by atoms with Crippen LogP contribution in [0.15, 0.2) is 42.5 Å². The fourth-order valence-electron chi connectivity index (χ4n) is 2.56. The maximum atomic E-state index is 3.17. The first-order valence-corrected chi connectivity index (χ1v) is 7.11. The molecule has 0 fully saturated rings. The van der Waals surface area contributed by atoms with E-state index in [1.54, 1.807) is 0 Å². The van der Waals surface area contributed by atoms with Crippen LogP contribution in [0.5, 0.6) is 0 Å². The first-order chi connectivity index (χ1) is 9.60. The van der Waals surface area contributed by atoms with Gasteiger partial charge in [0.05, 0.1) is 0 Å². The van der Waals surface area contributed by atoms with E-state index in [2.05, 4.69) is 73.6 Å². The van der Waals surface area contributed by atoms with Crippen molar-refractivity contribution in [3.8, 4) is 0 Å². The molecule has 1 N–H and O–H groups in total. The summed E-state index contributed by atoms with van der Waals surface area (Å²) in [4.78, 5) is 2.31. The van der Waals surface area contributed by atoms with Crippen LogP contribution in [0, 0.1) is 13.8 Å². The molecule has 2 heteroatoms. The normalized spacial score (nSPS) is 10.6. The van der Waals surface area contributed by atoms with Crippen molar-refractivity contribution in [2.75, 3.05) is 19.0 Å². The van der Waals surface area contributed by atoms with Crippen LogP contribution < -0.4 is 10.2 Å². The van der Waals surface area contributed by atoms with Crippen LogP contribution in [0.25, 0.3) is 0 Å². The average Bonchev–Trinajstić information content (AvgIpc) is 2.41. The summed E-state index contributed by atoms with van der Waals surface area (Å²) in [6, 6.07) is 15.4. The average molecular weight is 268 g/mol. The van der Waals surface area contributed by atoms with Crippen LogP contribution in [0.3, 0.4) is 0 Å². The summed E-state index contributed by atoms with van der Waals surface area (Å²) in [6.07, 6.45) is 0. The quantitative estimate of drug-likeness (QED) is 0.890. The van der Waals surface area contributed by atoms with Crippen molar-refractivity contribution in [1.82, 2.24) is 5.32 Å². The zero-order valence-corrected chi connectivity index (χ0v) is 12.9. The third-order valence-corrected chi connectivity index (χ3v) is 3.59. The Morgan fingerprint density at radius 2 is 1.60 bits per heavy atom. The molecule has 0 aliphatic heterocycles. The van der Waals surface area contributed by atoms with Gasteiger partial charge in [0.15, 0.2) is 0 Å². The Hall–Kier alpha value is -1.80. The second-order valence-corrected chi connectivity index (χ2v) is 5.49. The standard InChI is InChI=1S/C18H24N2/c1-14-5-10-18(15(2)11-14)20(4)13-17-8-6-16(7-9-17)12-19-3/h5-11,19H,12-13H2,1-4H3. The summed E-state index contributed by atoms with van der Waals surface area (Å²) in [5, 5.41) is 3.17. The molecule has 0 saturated carbocycles. The van der Waals surface area contributed by atoms with E-state index in [1.165, 1.54) is 27.9 Å². The lowest BCUT2D eigenvalue weighted by atomic mass is 10.1. The number of hydrogen-bond acceptors (Lipinski definition) is 2. The maximum absolute atomic E-state index is 3.17. The minimum absolute atomic E-state index is 0.924. The van der Waals surface area contributed by atoms with Gasteiger partial charge in [0.2, 0.25) is 0 Å². The molecule has 0 heterocycles. The Labute approximate surface area is 122 Å². The van der Waals surface area contributed by atoms with E-state index in [4.69, 9.17) is 0 Å². The lowest BCUT2D eigenvalue weighted by Crippen LogP contribution is -2.17. The molecule has 2 nitrogen and oxygen atoms in total. The van der Waals surface area contributed by atoms with Crippen LogP contribution in [0.4, 0.5) is 5.69 Å². The largest absolute Gasteiger partial charge is 0.370 e. The monoisotopic (exact) mass is 268 g/mol. The Kier molecular flexibility index (Phi) is 4.80. The van der Waals surface area contributed by atoms with Gasteiger partial charge in [-0.15, -0.1) is 0 Å². The highest BCUT2D eigenvalue weighted by Gasteiger charge is 2.05. The van der Waals surface area contributed by atoms with Crippen LogP contribution in [0.1, 0.15) is 22.3 Å². The van der Waals surface area contributed by atoms with Gasteiger partial charge in [-0.3, -0.25) is 0 Å². The SMILES string of the molecule is CNCc1ccc(CN(C)c2ccc(C)cc2C)cc1. The van der Waals surface area contributed by atoms with Gasteiger partial charge in [-0.05, 0) is 43.7 Å². The highest BCUT2D eigenvalue weighted by atomic mass is 15.1. The molecule has 20 heavy (non-hydrogen) atoms. The summed E-state index contributed by atoms with van der Waals surface area (Å²) in [5.41, 5.74) is 6.61. The molecule has 2 rings (SSSR count). The number of benzene rings is 2. The van der Waals surface area contributed by atoms with E-state index < -0.39 is 0 Å². The zero-order chi connectivity index (χ0) is 14.5. The highest BCUT2D eigenvalue weighted by molar-refractivity contribution is 5.54. The second-order valence-electron chi connectivity index (χ2n) is 5.49. The van der Waals surface area contributed by atoms with Crippen molar-refractivity contribution in [2.45, 2.75) is 26.9 Å². The Morgan fingerprint density at radius 3 is 2.20 bits per heavy atom. The predicted octanol–water partition coefficient (Wildman–Crippen LogP) is 3.66. The van der Waals surface area contributed by atoms with Crippen molar-refractivity contribution in [3.63, 3.8) is 0 Å². The molecule has 0 atom stereocenters. The van der Waals surface area contributed by atoms with E-state index in [-0.39, 0.29) is 0 Å². The number of hydrogen-bond donors (Lipinski definition) is 1. The molecule has 0 spiro atoms. The summed E-state index contributed by atoms with van der Waals surface area (Å²) in [6.45, 7) is 6.17. The van der Waals surface area contributed by atoms with E-state index in [0.717, 1.165) is 13.1 Å². The molecule has 2 aromatic rings. The predicted molar refractivity (Wildman–Crippen MR) is 87.2 cm³/mol. The molecule has 0 aliphatic carbocycles. The van der Waals surface area contributed by atoms with Gasteiger partial charge in [-0.1, -0.05) is 42.0 Å². The van der Waals surface area contributed by atoms with Crippen LogP contribution in [-0.4, -0.2) is 14.1 Å². The topological polar surface area (TPSA) is 15.3 Å². The number of nitrogens with one attached hydrogen (secondary N) is 1.